The Kier molecular flexibility index (Phi) is 10.3. The largest absolute Gasteiger partial charge is 0.494 e. The van der Waals surface area contributed by atoms with E-state index in [0.29, 0.717) is 50.1 Å². The molecule has 0 aliphatic carbocycles. The Balaban J connectivity index is 1.60. The van der Waals surface area contributed by atoms with Crippen LogP contribution in [0.1, 0.15) is 57.1 Å². The third-order valence-electron chi connectivity index (χ3n) is 10.3. The van der Waals surface area contributed by atoms with E-state index >= 15 is 4.79 Å². The van der Waals surface area contributed by atoms with Crippen LogP contribution in [0, 0.1) is 25.7 Å². The first-order chi connectivity index (χ1) is 22.6. The van der Waals surface area contributed by atoms with Gasteiger partial charge in [-0.15, -0.1) is 13.2 Å². The number of unbranched alkanes of at least 4 members (excludes halogenated alkanes) is 1. The van der Waals surface area contributed by atoms with Gasteiger partial charge in [-0.2, -0.15) is 0 Å². The molecule has 2 aromatic carbocycles. The van der Waals surface area contributed by atoms with E-state index < -0.39 is 29.1 Å². The number of benzene rings is 2. The summed E-state index contributed by atoms with van der Waals surface area (Å²) >= 11 is 0. The zero-order chi connectivity index (χ0) is 33.9. The maximum absolute atomic E-state index is 15.0. The molecule has 3 aliphatic rings. The molecule has 3 saturated heterocycles. The lowest BCUT2D eigenvalue weighted by atomic mass is 9.64. The van der Waals surface area contributed by atoms with Crippen molar-refractivity contribution in [2.75, 3.05) is 42.6 Å². The Morgan fingerprint density at radius 1 is 1.00 bits per heavy atom. The minimum absolute atomic E-state index is 0.0185. The third-order valence-corrected chi connectivity index (χ3v) is 10.3. The molecule has 5 rings (SSSR count). The molecule has 2 bridgehead atoms. The summed E-state index contributed by atoms with van der Waals surface area (Å²) < 4.78 is 12.7. The number of ether oxygens (including phenoxy) is 2. The van der Waals surface area contributed by atoms with E-state index in [4.69, 9.17) is 9.47 Å². The SMILES string of the molecule is C=CCN(C(=O)[C@@H]1[C@H]2C(=O)N(CCCCO)C(C(=O)N(CC=C)c3c(C)cccc3C)C23CC[C@@]1(CC)O3)c1ccc(OCC)cc1. The highest BCUT2D eigenvalue weighted by atomic mass is 16.5. The molecule has 1 spiro atoms. The molecule has 1 N–H and O–H groups in total. The molecule has 3 fully saturated rings. The van der Waals surface area contributed by atoms with Crippen LogP contribution in [-0.4, -0.2) is 77.8 Å². The number of aliphatic hydroxyl groups excluding tert-OH is 1. The molecule has 2 unspecified atom stereocenters. The van der Waals surface area contributed by atoms with Crippen LogP contribution in [0.25, 0.3) is 0 Å². The van der Waals surface area contributed by atoms with Crippen LogP contribution in [0.15, 0.2) is 67.8 Å². The minimum Gasteiger partial charge on any atom is -0.494 e. The van der Waals surface area contributed by atoms with Gasteiger partial charge in [0.05, 0.1) is 24.0 Å². The van der Waals surface area contributed by atoms with Crippen LogP contribution in [-0.2, 0) is 19.1 Å². The van der Waals surface area contributed by atoms with Crippen LogP contribution in [0.2, 0.25) is 0 Å². The number of para-hydroxylation sites is 1. The van der Waals surface area contributed by atoms with E-state index in [1.54, 1.807) is 26.9 Å². The normalized spacial score (nSPS) is 25.9. The fraction of sp³-hybridized carbons (Fsp3) is 0.500. The summed E-state index contributed by atoms with van der Waals surface area (Å²) in [6.45, 7) is 17.0. The Morgan fingerprint density at radius 3 is 2.26 bits per heavy atom. The van der Waals surface area contributed by atoms with Gasteiger partial charge in [-0.05, 0) is 88.3 Å². The molecule has 2 aromatic rings. The van der Waals surface area contributed by atoms with Crippen molar-refractivity contribution in [3.63, 3.8) is 0 Å². The van der Waals surface area contributed by atoms with E-state index in [2.05, 4.69) is 13.2 Å². The smallest absolute Gasteiger partial charge is 0.253 e. The lowest BCUT2D eigenvalue weighted by molar-refractivity contribution is -0.146. The Hall–Kier alpha value is -3.95. The van der Waals surface area contributed by atoms with E-state index in [1.807, 2.05) is 70.2 Å². The number of carbonyl (C=O) groups is 3. The van der Waals surface area contributed by atoms with Crippen molar-refractivity contribution in [2.24, 2.45) is 11.8 Å². The number of likely N-dealkylation sites (tertiary alicyclic amines) is 1. The highest BCUT2D eigenvalue weighted by Crippen LogP contribution is 2.65. The molecular formula is C38H49N3O6. The van der Waals surface area contributed by atoms with Crippen LogP contribution in [0.3, 0.4) is 0 Å². The molecule has 9 nitrogen and oxygen atoms in total. The maximum atomic E-state index is 15.0. The fourth-order valence-corrected chi connectivity index (χ4v) is 8.32. The predicted molar refractivity (Wildman–Crippen MR) is 183 cm³/mol. The number of rotatable bonds is 15. The molecule has 0 aromatic heterocycles. The van der Waals surface area contributed by atoms with Gasteiger partial charge in [0.15, 0.2) is 0 Å². The summed E-state index contributed by atoms with van der Waals surface area (Å²) in [4.78, 5) is 49.6. The van der Waals surface area contributed by atoms with Gasteiger partial charge < -0.3 is 29.3 Å². The van der Waals surface area contributed by atoms with Gasteiger partial charge in [0, 0.05) is 37.6 Å². The predicted octanol–water partition coefficient (Wildman–Crippen LogP) is 5.37. The molecule has 3 aliphatic heterocycles. The second-order valence-electron chi connectivity index (χ2n) is 12.9. The van der Waals surface area contributed by atoms with Crippen LogP contribution in [0.4, 0.5) is 11.4 Å². The Labute approximate surface area is 278 Å². The molecule has 47 heavy (non-hydrogen) atoms. The van der Waals surface area contributed by atoms with Crippen LogP contribution < -0.4 is 14.5 Å². The number of carbonyl (C=O) groups excluding carboxylic acids is 3. The van der Waals surface area contributed by atoms with Gasteiger partial charge in [0.1, 0.15) is 17.4 Å². The highest BCUT2D eigenvalue weighted by molar-refractivity contribution is 6.07. The topological polar surface area (TPSA) is 99.6 Å². The monoisotopic (exact) mass is 643 g/mol. The number of amides is 3. The van der Waals surface area contributed by atoms with Gasteiger partial charge >= 0.3 is 0 Å². The Bertz CT molecular complexity index is 1490. The zero-order valence-corrected chi connectivity index (χ0v) is 28.2. The summed E-state index contributed by atoms with van der Waals surface area (Å²) in [5, 5.41) is 9.58. The number of aryl methyl sites for hydroxylation is 2. The summed E-state index contributed by atoms with van der Waals surface area (Å²) in [5.74, 6) is -1.60. The fourth-order valence-electron chi connectivity index (χ4n) is 8.32. The van der Waals surface area contributed by atoms with Crippen molar-refractivity contribution in [1.82, 2.24) is 4.90 Å². The molecule has 0 radical (unpaired) electrons. The zero-order valence-electron chi connectivity index (χ0n) is 28.2. The second kappa shape index (κ2) is 14.0. The van der Waals surface area contributed by atoms with Gasteiger partial charge in [0.25, 0.3) is 5.91 Å². The lowest BCUT2D eigenvalue weighted by Crippen LogP contribution is -2.57. The Morgan fingerprint density at radius 2 is 1.66 bits per heavy atom. The summed E-state index contributed by atoms with van der Waals surface area (Å²) in [6, 6.07) is 12.3. The quantitative estimate of drug-likeness (QED) is 0.207. The van der Waals surface area contributed by atoms with Crippen molar-refractivity contribution in [3.8, 4) is 5.75 Å². The molecule has 3 amide bonds. The summed E-state index contributed by atoms with van der Waals surface area (Å²) in [7, 11) is 0. The summed E-state index contributed by atoms with van der Waals surface area (Å²) in [5.41, 5.74) is 1.29. The van der Waals surface area contributed by atoms with Crippen LogP contribution >= 0.6 is 0 Å². The lowest BCUT2D eigenvalue weighted by Gasteiger charge is -2.37. The molecule has 5 atom stereocenters. The third kappa shape index (κ3) is 5.78. The summed E-state index contributed by atoms with van der Waals surface area (Å²) in [6.07, 6.45) is 5.97. The second-order valence-corrected chi connectivity index (χ2v) is 12.9. The molecule has 9 heteroatoms. The molecule has 0 saturated carbocycles. The molecule has 3 heterocycles. The van der Waals surface area contributed by atoms with Gasteiger partial charge in [-0.3, -0.25) is 14.4 Å². The number of aliphatic hydroxyl groups is 1. The van der Waals surface area contributed by atoms with E-state index in [9.17, 15) is 14.7 Å². The van der Waals surface area contributed by atoms with Crippen molar-refractivity contribution in [3.05, 3.63) is 78.9 Å². The number of hydrogen-bond acceptors (Lipinski definition) is 6. The standard InChI is InChI=1S/C38H49N3O6/c1-7-22-39(28-16-18-29(19-17-28)46-10-4)34(43)30-31-35(44)41(24-11-12-25-42)33(38(31)21-20-37(30,9-3)47-38)36(45)40(23-8-2)32-26(5)14-13-15-27(32)6/h7-8,13-19,30-31,33,42H,1-2,9-12,20-25H2,3-6H3/t30-,31-,33?,37+,38?/m0/s1. The van der Waals surface area contributed by atoms with Gasteiger partial charge in [0.2, 0.25) is 11.8 Å². The number of fused-ring (bicyclic) bond motifs is 1. The maximum Gasteiger partial charge on any atom is 0.253 e. The van der Waals surface area contributed by atoms with Crippen molar-refractivity contribution < 1.29 is 29.0 Å². The van der Waals surface area contributed by atoms with E-state index in [0.717, 1.165) is 16.8 Å². The van der Waals surface area contributed by atoms with Crippen LogP contribution in [0.5, 0.6) is 5.75 Å². The highest BCUT2D eigenvalue weighted by Gasteiger charge is 2.79. The minimum atomic E-state index is -1.17. The average Bonchev–Trinajstić information content (AvgIpc) is 3.67. The number of hydrogen-bond donors (Lipinski definition) is 1. The number of nitrogens with zero attached hydrogens (tertiary/aromatic N) is 3. The first kappa shape index (κ1) is 34.4. The van der Waals surface area contributed by atoms with Crippen molar-refractivity contribution in [1.29, 1.82) is 0 Å². The molecule has 252 valence electrons. The van der Waals surface area contributed by atoms with Crippen molar-refractivity contribution >= 4 is 29.1 Å². The van der Waals surface area contributed by atoms with E-state index in [-0.39, 0.29) is 44.0 Å². The van der Waals surface area contributed by atoms with Gasteiger partial charge in [-0.25, -0.2) is 0 Å². The average molecular weight is 644 g/mol. The first-order valence-corrected chi connectivity index (χ1v) is 16.9. The van der Waals surface area contributed by atoms with E-state index in [1.165, 1.54) is 0 Å². The van der Waals surface area contributed by atoms with Crippen molar-refractivity contribution in [2.45, 2.75) is 77.0 Å². The first-order valence-electron chi connectivity index (χ1n) is 16.9. The number of anilines is 2. The van der Waals surface area contributed by atoms with Gasteiger partial charge in [-0.1, -0.05) is 37.3 Å². The molecular weight excluding hydrogens is 594 g/mol.